The van der Waals surface area contributed by atoms with Crippen LogP contribution in [0.5, 0.6) is 0 Å². The fourth-order valence-corrected chi connectivity index (χ4v) is 7.87. The number of hydrogen-bond acceptors (Lipinski definition) is 0. The molecule has 0 heterocycles. The van der Waals surface area contributed by atoms with Crippen LogP contribution in [-0.4, -0.2) is 0 Å². The van der Waals surface area contributed by atoms with Gasteiger partial charge < -0.3 is 34.0 Å². The van der Waals surface area contributed by atoms with E-state index < -0.39 is 7.26 Å². The van der Waals surface area contributed by atoms with Crippen LogP contribution in [0.2, 0.25) is 0 Å². The van der Waals surface area contributed by atoms with E-state index in [-0.39, 0.29) is 51.0 Å². The summed E-state index contributed by atoms with van der Waals surface area (Å²) in [5.41, 5.74) is 1.39. The largest absolute Gasteiger partial charge is 2.00 e. The first-order valence-electron chi connectivity index (χ1n) is 8.98. The van der Waals surface area contributed by atoms with Gasteiger partial charge in [0.1, 0.15) is 23.2 Å². The predicted octanol–water partition coefficient (Wildman–Crippen LogP) is -0.814. The Bertz CT molecular complexity index is 852. The first-order chi connectivity index (χ1) is 12.9. The summed E-state index contributed by atoms with van der Waals surface area (Å²) >= 11 is 0. The van der Waals surface area contributed by atoms with Crippen LogP contribution in [0.25, 0.3) is 0 Å². The Morgan fingerprint density at radius 2 is 0.690 bits per heavy atom. The molecule has 0 N–H and O–H groups in total. The molecule has 0 nitrogen and oxygen atoms in total. The SMILES string of the molecule is [Br-].[Br-].[Mn+2].c1ccc(C[P+](c2ccccc2)(c2ccccc2)c2ccccc2)cc1. The second-order valence-electron chi connectivity index (χ2n) is 6.46. The first-order valence-corrected chi connectivity index (χ1v) is 11.0. The maximum Gasteiger partial charge on any atom is 2.00 e. The number of halogens is 2. The zero-order valence-electron chi connectivity index (χ0n) is 15.8. The molecule has 0 aromatic heterocycles. The number of benzene rings is 4. The van der Waals surface area contributed by atoms with Crippen LogP contribution < -0.4 is 49.9 Å². The van der Waals surface area contributed by atoms with Crippen LogP contribution in [0.15, 0.2) is 121 Å². The fourth-order valence-electron chi connectivity index (χ4n) is 3.63. The van der Waals surface area contributed by atoms with Crippen molar-refractivity contribution in [2.45, 2.75) is 6.16 Å². The topological polar surface area (TPSA) is 0 Å². The van der Waals surface area contributed by atoms with Gasteiger partial charge in [0.2, 0.25) is 0 Å². The molecule has 4 aromatic rings. The quantitative estimate of drug-likeness (QED) is 0.219. The summed E-state index contributed by atoms with van der Waals surface area (Å²) in [6.45, 7) is 0. The third-order valence-electron chi connectivity index (χ3n) is 4.85. The van der Waals surface area contributed by atoms with E-state index in [1.807, 2.05) is 0 Å². The smallest absolute Gasteiger partial charge is 1.00 e. The van der Waals surface area contributed by atoms with Crippen LogP contribution in [0.3, 0.4) is 0 Å². The van der Waals surface area contributed by atoms with E-state index in [2.05, 4.69) is 121 Å². The Balaban J connectivity index is 0.00000140. The molecule has 0 spiro atoms. The average Bonchev–Trinajstić information content (AvgIpc) is 2.75. The molecule has 1 radical (unpaired) electrons. The van der Waals surface area contributed by atoms with Crippen LogP contribution in [-0.2, 0) is 23.2 Å². The molecule has 4 heteroatoms. The van der Waals surface area contributed by atoms with E-state index in [0.717, 1.165) is 6.16 Å². The summed E-state index contributed by atoms with van der Waals surface area (Å²) in [7, 11) is -1.78. The zero-order chi connectivity index (χ0) is 17.7. The molecule has 0 aliphatic heterocycles. The molecule has 0 atom stereocenters. The molecule has 4 aromatic carbocycles. The molecule has 0 saturated carbocycles. The summed E-state index contributed by atoms with van der Waals surface area (Å²) in [5, 5.41) is 4.30. The van der Waals surface area contributed by atoms with Gasteiger partial charge in [0.15, 0.2) is 0 Å². The van der Waals surface area contributed by atoms with E-state index in [1.165, 1.54) is 21.5 Å². The molecular formula is C25H22Br2MnP+. The van der Waals surface area contributed by atoms with Gasteiger partial charge >= 0.3 is 17.1 Å². The van der Waals surface area contributed by atoms with E-state index in [1.54, 1.807) is 0 Å². The van der Waals surface area contributed by atoms with Gasteiger partial charge in [-0.15, -0.1) is 0 Å². The third-order valence-corrected chi connectivity index (χ3v) is 9.23. The summed E-state index contributed by atoms with van der Waals surface area (Å²) in [6.07, 6.45) is 1.03. The molecular weight excluding hydrogens is 546 g/mol. The molecule has 0 fully saturated rings. The number of hydrogen-bond donors (Lipinski definition) is 0. The minimum Gasteiger partial charge on any atom is -1.00 e. The fraction of sp³-hybridized carbons (Fsp3) is 0.0400. The molecule has 0 unspecified atom stereocenters. The van der Waals surface area contributed by atoms with E-state index >= 15 is 0 Å². The maximum atomic E-state index is 2.30. The summed E-state index contributed by atoms with van der Waals surface area (Å²) < 4.78 is 0. The van der Waals surface area contributed by atoms with Gasteiger partial charge in [0, 0.05) is 0 Å². The van der Waals surface area contributed by atoms with Gasteiger partial charge in [0.25, 0.3) is 0 Å². The van der Waals surface area contributed by atoms with Gasteiger partial charge in [0.05, 0.1) is 6.16 Å². The zero-order valence-corrected chi connectivity index (χ0v) is 21.1. The normalized spacial score (nSPS) is 10.1. The molecule has 29 heavy (non-hydrogen) atoms. The van der Waals surface area contributed by atoms with E-state index in [9.17, 15) is 0 Å². The van der Waals surface area contributed by atoms with Gasteiger partial charge in [-0.3, -0.25) is 0 Å². The summed E-state index contributed by atoms with van der Waals surface area (Å²) in [4.78, 5) is 0. The molecule has 4 rings (SSSR count). The molecule has 0 aliphatic rings. The summed E-state index contributed by atoms with van der Waals surface area (Å²) in [6, 6.07) is 44.0. The third kappa shape index (κ3) is 5.69. The second-order valence-corrected chi connectivity index (χ2v) is 9.95. The van der Waals surface area contributed by atoms with Crippen LogP contribution in [0, 0.1) is 0 Å². The molecule has 147 valence electrons. The van der Waals surface area contributed by atoms with Gasteiger partial charge in [-0.05, 0) is 42.0 Å². The maximum absolute atomic E-state index is 2.30. The van der Waals surface area contributed by atoms with Crippen molar-refractivity contribution in [2.24, 2.45) is 0 Å². The first kappa shape index (κ1) is 25.8. The van der Waals surface area contributed by atoms with Crippen molar-refractivity contribution < 1.29 is 51.0 Å². The standard InChI is InChI=1S/C25H22P.2BrH.Mn/c1-5-13-22(14-6-1)21-26(23-15-7-2-8-16-23,24-17-9-3-10-18-24)25-19-11-4-12-20-25;;;/h1-20H,21H2;2*1H;/q+1;;;+2/p-2. The van der Waals surface area contributed by atoms with Gasteiger partial charge in [-0.1, -0.05) is 84.9 Å². The Kier molecular flexibility index (Phi) is 11.1. The number of rotatable bonds is 5. The van der Waals surface area contributed by atoms with Crippen molar-refractivity contribution in [1.29, 1.82) is 0 Å². The molecule has 0 bridgehead atoms. The van der Waals surface area contributed by atoms with Crippen LogP contribution in [0.1, 0.15) is 5.56 Å². The van der Waals surface area contributed by atoms with Crippen molar-refractivity contribution >= 4 is 23.2 Å². The molecule has 0 amide bonds. The average molecular weight is 568 g/mol. The van der Waals surface area contributed by atoms with Crippen molar-refractivity contribution in [2.75, 3.05) is 0 Å². The Morgan fingerprint density at radius 3 is 1.00 bits per heavy atom. The monoisotopic (exact) mass is 566 g/mol. The Labute approximate surface area is 206 Å². The minimum absolute atomic E-state index is 0. The minimum atomic E-state index is -1.78. The molecule has 0 aliphatic carbocycles. The van der Waals surface area contributed by atoms with Crippen molar-refractivity contribution in [3.05, 3.63) is 127 Å². The van der Waals surface area contributed by atoms with E-state index in [4.69, 9.17) is 0 Å². The van der Waals surface area contributed by atoms with Crippen molar-refractivity contribution in [1.82, 2.24) is 0 Å². The van der Waals surface area contributed by atoms with E-state index in [0.29, 0.717) is 0 Å². The Hall–Kier alpha value is -1.21. The van der Waals surface area contributed by atoms with Crippen molar-refractivity contribution in [3.63, 3.8) is 0 Å². The second kappa shape index (κ2) is 12.5. The summed E-state index contributed by atoms with van der Waals surface area (Å²) in [5.74, 6) is 0. The molecule has 0 saturated heterocycles. The van der Waals surface area contributed by atoms with Crippen LogP contribution >= 0.6 is 7.26 Å². The van der Waals surface area contributed by atoms with Crippen molar-refractivity contribution in [3.8, 4) is 0 Å². The van der Waals surface area contributed by atoms with Gasteiger partial charge in [-0.2, -0.15) is 0 Å². The van der Waals surface area contributed by atoms with Gasteiger partial charge in [-0.25, -0.2) is 0 Å². The Morgan fingerprint density at radius 1 is 0.414 bits per heavy atom. The predicted molar refractivity (Wildman–Crippen MR) is 115 cm³/mol. The van der Waals surface area contributed by atoms with Crippen LogP contribution in [0.4, 0.5) is 0 Å².